The van der Waals surface area contributed by atoms with Crippen LogP contribution in [0, 0.1) is 0 Å². The first-order valence-electron chi connectivity index (χ1n) is 7.25. The summed E-state index contributed by atoms with van der Waals surface area (Å²) in [5.41, 5.74) is -0.253. The second kappa shape index (κ2) is 7.21. The van der Waals surface area contributed by atoms with Crippen LogP contribution in [-0.2, 0) is 6.54 Å². The molecular formula is C17H14Cl2N2O3. The van der Waals surface area contributed by atoms with E-state index in [-0.39, 0.29) is 18.7 Å². The van der Waals surface area contributed by atoms with Crippen molar-refractivity contribution in [2.45, 2.75) is 12.6 Å². The first-order valence-corrected chi connectivity index (χ1v) is 8.01. The zero-order valence-electron chi connectivity index (χ0n) is 12.5. The molecule has 0 saturated heterocycles. The lowest BCUT2D eigenvalue weighted by Crippen LogP contribution is -2.31. The van der Waals surface area contributed by atoms with Crippen molar-refractivity contribution >= 4 is 34.0 Å². The van der Waals surface area contributed by atoms with Crippen LogP contribution in [0.15, 0.2) is 53.5 Å². The summed E-state index contributed by atoms with van der Waals surface area (Å²) in [5, 5.41) is 16.4. The Morgan fingerprint density at radius 2 is 2.00 bits per heavy atom. The number of benzene rings is 2. The number of hydrogen-bond acceptors (Lipinski definition) is 4. The Bertz CT molecular complexity index is 927. The first kappa shape index (κ1) is 16.8. The molecule has 1 aromatic heterocycles. The normalized spacial score (nSPS) is 12.3. The van der Waals surface area contributed by atoms with E-state index < -0.39 is 6.10 Å². The molecule has 0 fully saturated rings. The molecule has 0 radical (unpaired) electrons. The van der Waals surface area contributed by atoms with Crippen molar-refractivity contribution in [3.8, 4) is 5.75 Å². The average Bonchev–Trinajstić information content (AvgIpc) is 2.57. The van der Waals surface area contributed by atoms with E-state index in [1.165, 1.54) is 4.68 Å². The van der Waals surface area contributed by atoms with Gasteiger partial charge in [-0.2, -0.15) is 5.10 Å². The summed E-state index contributed by atoms with van der Waals surface area (Å²) in [6, 6.07) is 12.0. The molecule has 0 amide bonds. The number of ether oxygens (including phenoxy) is 1. The van der Waals surface area contributed by atoms with Gasteiger partial charge in [-0.25, -0.2) is 4.68 Å². The van der Waals surface area contributed by atoms with Crippen LogP contribution >= 0.6 is 23.2 Å². The van der Waals surface area contributed by atoms with Gasteiger partial charge in [-0.15, -0.1) is 0 Å². The maximum Gasteiger partial charge on any atom is 0.274 e. The van der Waals surface area contributed by atoms with Gasteiger partial charge in [-0.05, 0) is 24.3 Å². The summed E-state index contributed by atoms with van der Waals surface area (Å²) < 4.78 is 6.69. The van der Waals surface area contributed by atoms with E-state index in [2.05, 4.69) is 5.10 Å². The second-order valence-electron chi connectivity index (χ2n) is 5.26. The Kier molecular flexibility index (Phi) is 5.04. The van der Waals surface area contributed by atoms with Crippen LogP contribution in [0.5, 0.6) is 5.75 Å². The Hall–Kier alpha value is -2.08. The fraction of sp³-hybridized carbons (Fsp3) is 0.176. The Morgan fingerprint density at radius 3 is 2.79 bits per heavy atom. The molecule has 1 N–H and O–H groups in total. The Balaban J connectivity index is 1.70. The lowest BCUT2D eigenvalue weighted by molar-refractivity contribution is 0.0882. The molecule has 2 aromatic carbocycles. The summed E-state index contributed by atoms with van der Waals surface area (Å²) >= 11 is 11.8. The van der Waals surface area contributed by atoms with Crippen molar-refractivity contribution in [2.75, 3.05) is 6.61 Å². The molecule has 0 aliphatic heterocycles. The van der Waals surface area contributed by atoms with Gasteiger partial charge < -0.3 is 9.84 Å². The molecule has 3 rings (SSSR count). The highest BCUT2D eigenvalue weighted by Gasteiger charge is 2.11. The van der Waals surface area contributed by atoms with Crippen LogP contribution < -0.4 is 10.3 Å². The minimum absolute atomic E-state index is 0.0227. The van der Waals surface area contributed by atoms with Crippen molar-refractivity contribution in [1.82, 2.24) is 9.78 Å². The quantitative estimate of drug-likeness (QED) is 0.755. The van der Waals surface area contributed by atoms with Gasteiger partial charge in [0.05, 0.1) is 23.2 Å². The smallest absolute Gasteiger partial charge is 0.274 e. The number of hydrogen-bond donors (Lipinski definition) is 1. The molecule has 0 aliphatic carbocycles. The SMILES string of the molecule is O=c1c2ccccc2cnn1CC(O)COc1ccc(Cl)cc1Cl. The van der Waals surface area contributed by atoms with Crippen LogP contribution in [0.2, 0.25) is 10.0 Å². The fourth-order valence-corrected chi connectivity index (χ4v) is 2.75. The highest BCUT2D eigenvalue weighted by Crippen LogP contribution is 2.27. The van der Waals surface area contributed by atoms with E-state index in [1.807, 2.05) is 12.1 Å². The molecule has 0 aliphatic rings. The number of halogens is 2. The molecular weight excluding hydrogens is 351 g/mol. The third-order valence-corrected chi connectivity index (χ3v) is 4.00. The van der Waals surface area contributed by atoms with E-state index in [0.29, 0.717) is 21.2 Å². The van der Waals surface area contributed by atoms with Crippen LogP contribution in [0.4, 0.5) is 0 Å². The zero-order chi connectivity index (χ0) is 17.1. The molecule has 1 atom stereocenters. The van der Waals surface area contributed by atoms with E-state index in [4.69, 9.17) is 27.9 Å². The van der Waals surface area contributed by atoms with Gasteiger partial charge in [0.15, 0.2) is 0 Å². The number of aliphatic hydroxyl groups excluding tert-OH is 1. The van der Waals surface area contributed by atoms with Crippen molar-refractivity contribution in [3.05, 3.63) is 69.1 Å². The van der Waals surface area contributed by atoms with Gasteiger partial charge in [0.2, 0.25) is 0 Å². The lowest BCUT2D eigenvalue weighted by Gasteiger charge is -2.14. The molecule has 1 heterocycles. The topological polar surface area (TPSA) is 64.4 Å². The minimum Gasteiger partial charge on any atom is -0.489 e. The molecule has 3 aromatic rings. The van der Waals surface area contributed by atoms with Crippen LogP contribution in [0.3, 0.4) is 0 Å². The summed E-state index contributed by atoms with van der Waals surface area (Å²) in [5.74, 6) is 0.416. The van der Waals surface area contributed by atoms with Gasteiger partial charge in [0.1, 0.15) is 18.5 Å². The number of fused-ring (bicyclic) bond motifs is 1. The molecule has 5 nitrogen and oxygen atoms in total. The highest BCUT2D eigenvalue weighted by molar-refractivity contribution is 6.35. The van der Waals surface area contributed by atoms with Gasteiger partial charge >= 0.3 is 0 Å². The highest BCUT2D eigenvalue weighted by atomic mass is 35.5. The summed E-state index contributed by atoms with van der Waals surface area (Å²) in [6.45, 7) is -0.00280. The third-order valence-electron chi connectivity index (χ3n) is 3.47. The fourth-order valence-electron chi connectivity index (χ4n) is 2.29. The summed E-state index contributed by atoms with van der Waals surface area (Å²) in [7, 11) is 0. The predicted molar refractivity (Wildman–Crippen MR) is 94.0 cm³/mol. The zero-order valence-corrected chi connectivity index (χ0v) is 14.0. The number of rotatable bonds is 5. The predicted octanol–water partition coefficient (Wildman–Crippen LogP) is 3.14. The minimum atomic E-state index is -0.914. The molecule has 0 saturated carbocycles. The Morgan fingerprint density at radius 1 is 1.21 bits per heavy atom. The molecule has 124 valence electrons. The summed E-state index contributed by atoms with van der Waals surface area (Å²) in [4.78, 5) is 12.3. The van der Waals surface area contributed by atoms with Crippen molar-refractivity contribution in [1.29, 1.82) is 0 Å². The molecule has 1 unspecified atom stereocenters. The molecule has 24 heavy (non-hydrogen) atoms. The number of nitrogens with zero attached hydrogens (tertiary/aromatic N) is 2. The molecule has 0 bridgehead atoms. The maximum absolute atomic E-state index is 12.3. The number of aliphatic hydroxyl groups is 1. The Labute approximate surface area is 148 Å². The van der Waals surface area contributed by atoms with Gasteiger partial charge in [-0.3, -0.25) is 4.79 Å². The van der Waals surface area contributed by atoms with E-state index >= 15 is 0 Å². The van der Waals surface area contributed by atoms with Crippen molar-refractivity contribution in [3.63, 3.8) is 0 Å². The average molecular weight is 365 g/mol. The maximum atomic E-state index is 12.3. The van der Waals surface area contributed by atoms with E-state index in [9.17, 15) is 9.90 Å². The largest absolute Gasteiger partial charge is 0.489 e. The van der Waals surface area contributed by atoms with Gasteiger partial charge in [0.25, 0.3) is 5.56 Å². The van der Waals surface area contributed by atoms with Crippen LogP contribution in [0.1, 0.15) is 0 Å². The molecule has 7 heteroatoms. The van der Waals surface area contributed by atoms with E-state index in [0.717, 1.165) is 5.39 Å². The van der Waals surface area contributed by atoms with Crippen LogP contribution in [0.25, 0.3) is 10.8 Å². The molecule has 0 spiro atoms. The van der Waals surface area contributed by atoms with Crippen molar-refractivity contribution < 1.29 is 9.84 Å². The lowest BCUT2D eigenvalue weighted by atomic mass is 10.2. The third kappa shape index (κ3) is 3.70. The van der Waals surface area contributed by atoms with Crippen LogP contribution in [-0.4, -0.2) is 27.6 Å². The van der Waals surface area contributed by atoms with Gasteiger partial charge in [0, 0.05) is 10.4 Å². The standard InChI is InChI=1S/C17H14Cl2N2O3/c18-12-5-6-16(15(19)7-12)24-10-13(22)9-21-17(23)14-4-2-1-3-11(14)8-20-21/h1-8,13,22H,9-10H2. The monoisotopic (exact) mass is 364 g/mol. The number of aromatic nitrogens is 2. The second-order valence-corrected chi connectivity index (χ2v) is 6.10. The first-order chi connectivity index (χ1) is 11.5. The summed E-state index contributed by atoms with van der Waals surface area (Å²) in [6.07, 6.45) is 0.684. The van der Waals surface area contributed by atoms with Gasteiger partial charge in [-0.1, -0.05) is 41.4 Å². The van der Waals surface area contributed by atoms with E-state index in [1.54, 1.807) is 36.5 Å². The van der Waals surface area contributed by atoms with Crippen molar-refractivity contribution in [2.24, 2.45) is 0 Å².